The van der Waals surface area contributed by atoms with Crippen LogP contribution in [0, 0.1) is 48.8 Å². The summed E-state index contributed by atoms with van der Waals surface area (Å²) in [6.07, 6.45) is 4.82. The maximum atomic E-state index is 13.7. The molecule has 0 heterocycles. The fourth-order valence-electron chi connectivity index (χ4n) is 9.34. The van der Waals surface area contributed by atoms with E-state index < -0.39 is 70.0 Å². The van der Waals surface area contributed by atoms with Gasteiger partial charge in [0, 0.05) is 24.7 Å². The number of esters is 2. The number of ketones is 2. The maximum Gasteiger partial charge on any atom is 0.329 e. The van der Waals surface area contributed by atoms with E-state index in [2.05, 4.69) is 28.0 Å². The largest absolute Gasteiger partial charge is 0.464 e. The van der Waals surface area contributed by atoms with Crippen molar-refractivity contribution in [3.8, 4) is 0 Å². The molecule has 4 rings (SSSR count). The number of carbonyl (C=O) groups is 5. The van der Waals surface area contributed by atoms with Crippen LogP contribution in [0.15, 0.2) is 11.6 Å². The summed E-state index contributed by atoms with van der Waals surface area (Å²) in [5, 5.41) is 44.7. The third kappa shape index (κ3) is 9.68. The van der Waals surface area contributed by atoms with Crippen molar-refractivity contribution in [1.29, 1.82) is 0 Å². The molecule has 3 saturated carbocycles. The highest BCUT2D eigenvalue weighted by Crippen LogP contribution is 2.67. The van der Waals surface area contributed by atoms with Crippen molar-refractivity contribution in [2.45, 2.75) is 121 Å². The number of unbranched alkanes of at least 4 members (excludes halogenated alkanes) is 3. The zero-order valence-electron chi connectivity index (χ0n) is 30.3. The molecule has 0 aromatic rings. The minimum atomic E-state index is -1.90. The van der Waals surface area contributed by atoms with Crippen LogP contribution < -0.4 is 5.32 Å². The quantitative estimate of drug-likeness (QED) is 0.0530. The summed E-state index contributed by atoms with van der Waals surface area (Å²) in [5.74, 6) is -3.39. The van der Waals surface area contributed by atoms with Gasteiger partial charge in [0.2, 0.25) is 11.7 Å². The van der Waals surface area contributed by atoms with Gasteiger partial charge in [0.25, 0.3) is 10.2 Å². The molecule has 4 aliphatic rings. The van der Waals surface area contributed by atoms with Crippen molar-refractivity contribution < 1.29 is 63.5 Å². The Labute approximate surface area is 306 Å². The number of carbonyl (C=O) groups excluding carboxylic acids is 5. The molecule has 0 aromatic heterocycles. The van der Waals surface area contributed by atoms with Crippen LogP contribution in [0.25, 0.3) is 0 Å². The number of ether oxygens (including phenoxy) is 2. The molecule has 3 fully saturated rings. The highest BCUT2D eigenvalue weighted by molar-refractivity contribution is 5.92. The van der Waals surface area contributed by atoms with Crippen molar-refractivity contribution in [3.05, 3.63) is 31.9 Å². The fraction of sp³-hybridized carbons (Fsp3) is 0.800. The number of hydrogen-bond donors (Lipinski definition) is 3. The summed E-state index contributed by atoms with van der Waals surface area (Å²) in [7, 11) is 0. The van der Waals surface area contributed by atoms with Crippen molar-refractivity contribution in [2.75, 3.05) is 26.4 Å². The molecule has 8 atom stereocenters. The van der Waals surface area contributed by atoms with E-state index in [9.17, 15) is 54.4 Å². The lowest BCUT2D eigenvalue weighted by molar-refractivity contribution is -0.757. The van der Waals surface area contributed by atoms with Gasteiger partial charge in [0.05, 0.1) is 32.3 Å². The van der Waals surface area contributed by atoms with Crippen LogP contribution in [0.1, 0.15) is 104 Å². The molecule has 53 heavy (non-hydrogen) atoms. The summed E-state index contributed by atoms with van der Waals surface area (Å²) in [6, 6.07) is -1.50. The van der Waals surface area contributed by atoms with Gasteiger partial charge in [0.15, 0.2) is 6.61 Å². The summed E-state index contributed by atoms with van der Waals surface area (Å²) >= 11 is 0. The monoisotopic (exact) mass is 753 g/mol. The Hall–Kier alpha value is -4.19. The van der Waals surface area contributed by atoms with Crippen LogP contribution in [-0.4, -0.2) is 94.0 Å². The van der Waals surface area contributed by atoms with E-state index in [1.165, 1.54) is 0 Å². The molecule has 3 N–H and O–H groups in total. The van der Waals surface area contributed by atoms with Crippen molar-refractivity contribution in [1.82, 2.24) is 5.32 Å². The van der Waals surface area contributed by atoms with Crippen LogP contribution >= 0.6 is 0 Å². The number of nitrogens with zero attached hydrogens (tertiary/aromatic N) is 2. The van der Waals surface area contributed by atoms with Crippen molar-refractivity contribution in [2.24, 2.45) is 28.6 Å². The van der Waals surface area contributed by atoms with Crippen molar-refractivity contribution in [3.63, 3.8) is 0 Å². The number of nitrogens with one attached hydrogen (secondary N) is 1. The molecule has 0 aromatic carbocycles. The first-order valence-corrected chi connectivity index (χ1v) is 18.3. The Morgan fingerprint density at radius 3 is 2.32 bits per heavy atom. The number of hydrogen-bond acceptors (Lipinski definition) is 15. The lowest BCUT2D eigenvalue weighted by Gasteiger charge is -2.59. The highest BCUT2D eigenvalue weighted by Gasteiger charge is 2.68. The number of rotatable bonds is 20. The smallest absolute Gasteiger partial charge is 0.329 e. The van der Waals surface area contributed by atoms with Crippen LogP contribution in [0.4, 0.5) is 0 Å². The molecule has 18 nitrogen and oxygen atoms in total. The summed E-state index contributed by atoms with van der Waals surface area (Å²) in [5.41, 5.74) is -2.18. The van der Waals surface area contributed by atoms with Gasteiger partial charge in [-0.25, -0.2) is 4.79 Å². The first kappa shape index (κ1) is 41.6. The Bertz CT molecular complexity index is 1450. The minimum Gasteiger partial charge on any atom is -0.464 e. The summed E-state index contributed by atoms with van der Waals surface area (Å²) in [4.78, 5) is 93.5. The van der Waals surface area contributed by atoms with Crippen LogP contribution in [0.5, 0.6) is 0 Å². The fourth-order valence-corrected chi connectivity index (χ4v) is 9.34. The van der Waals surface area contributed by atoms with E-state index in [1.807, 2.05) is 0 Å². The predicted molar refractivity (Wildman–Crippen MR) is 180 cm³/mol. The number of allylic oxidation sites excluding steroid dienone is 2. The van der Waals surface area contributed by atoms with Gasteiger partial charge >= 0.3 is 11.9 Å². The first-order chi connectivity index (χ1) is 25.0. The Kier molecular flexibility index (Phi) is 13.9. The van der Waals surface area contributed by atoms with E-state index in [4.69, 9.17) is 9.47 Å². The van der Waals surface area contributed by atoms with Crippen LogP contribution in [0.2, 0.25) is 0 Å². The van der Waals surface area contributed by atoms with E-state index in [1.54, 1.807) is 6.92 Å². The standard InChI is InChI=1S/C35H51N3O15/c1-33-13-11-23(39)18-22(33)9-10-24-25-12-14-35(45,34(25,2)20-27(40)31(24)33)28(41)21-51-30(43)19-26(32(44)50-15-6-7-17-53-38(48)49)36-29(42)8-4-3-5-16-52-37(46)47/h9,24-27,31,40,45H,3-8,10-21H2,1-2H3,(H,36,42)/t24-,25-,26?,27-,31+,33-,34-,35-/m0/s1. The lowest BCUT2D eigenvalue weighted by Crippen LogP contribution is -2.62. The molecule has 0 radical (unpaired) electrons. The third-order valence-electron chi connectivity index (χ3n) is 12.1. The molecule has 296 valence electrons. The van der Waals surface area contributed by atoms with Gasteiger partial charge in [-0.1, -0.05) is 31.9 Å². The molecule has 0 aliphatic heterocycles. The molecule has 18 heteroatoms. The first-order valence-electron chi connectivity index (χ1n) is 18.3. The topological polar surface area (TPSA) is 261 Å². The highest BCUT2D eigenvalue weighted by atomic mass is 17.0. The van der Waals surface area contributed by atoms with E-state index in [-0.39, 0.29) is 80.9 Å². The van der Waals surface area contributed by atoms with Gasteiger partial charge in [-0.3, -0.25) is 19.2 Å². The zero-order valence-corrected chi connectivity index (χ0v) is 30.3. The van der Waals surface area contributed by atoms with Gasteiger partial charge in [-0.05, 0) is 81.0 Å². The molecular formula is C35H51N3O15. The van der Waals surface area contributed by atoms with Gasteiger partial charge < -0.3 is 34.7 Å². The van der Waals surface area contributed by atoms with Gasteiger partial charge in [-0.2, -0.15) is 0 Å². The van der Waals surface area contributed by atoms with Gasteiger partial charge in [-0.15, -0.1) is 20.2 Å². The maximum absolute atomic E-state index is 13.7. The normalized spacial score (nSPS) is 30.7. The Morgan fingerprint density at radius 2 is 1.64 bits per heavy atom. The molecular weight excluding hydrogens is 702 g/mol. The van der Waals surface area contributed by atoms with E-state index in [0.717, 1.165) is 5.57 Å². The van der Waals surface area contributed by atoms with Crippen molar-refractivity contribution >= 4 is 29.4 Å². The average Bonchev–Trinajstić information content (AvgIpc) is 3.36. The van der Waals surface area contributed by atoms with E-state index >= 15 is 0 Å². The number of aliphatic hydroxyl groups is 2. The number of fused-ring (bicyclic) bond motifs is 5. The van der Waals surface area contributed by atoms with Gasteiger partial charge in [0.1, 0.15) is 17.4 Å². The average molecular weight is 754 g/mol. The number of amides is 1. The summed E-state index contributed by atoms with van der Waals surface area (Å²) in [6.45, 7) is 2.56. The number of aliphatic hydroxyl groups excluding tert-OH is 1. The lowest BCUT2D eigenvalue weighted by atomic mass is 9.46. The molecule has 1 amide bonds. The second-order valence-corrected chi connectivity index (χ2v) is 15.2. The predicted octanol–water partition coefficient (Wildman–Crippen LogP) is 2.51. The zero-order chi connectivity index (χ0) is 39.0. The second-order valence-electron chi connectivity index (χ2n) is 15.2. The Balaban J connectivity index is 1.35. The van der Waals surface area contributed by atoms with Crippen LogP contribution in [-0.2, 0) is 43.1 Å². The molecule has 1 unspecified atom stereocenters. The van der Waals surface area contributed by atoms with Crippen LogP contribution in [0.3, 0.4) is 0 Å². The third-order valence-corrected chi connectivity index (χ3v) is 12.1. The second kappa shape index (κ2) is 17.8. The Morgan fingerprint density at radius 1 is 0.981 bits per heavy atom. The minimum absolute atomic E-state index is 0.0135. The summed E-state index contributed by atoms with van der Waals surface area (Å²) < 4.78 is 10.4. The SMILES string of the molecule is C[C@]12CCC(=O)CC1=CC[C@@H]1[C@@H]2[C@@H](O)C[C@@]2(C)[C@H]1CC[C@]2(O)C(=O)COC(=O)CC(NC(=O)CCCCCO[N+](=O)[O-])C(=O)OCCCCO[N+](=O)[O-]. The van der Waals surface area contributed by atoms with E-state index in [0.29, 0.717) is 51.4 Å². The molecule has 0 bridgehead atoms. The molecule has 4 aliphatic carbocycles. The molecule has 0 spiro atoms. The number of Topliss-reactive ketones (excluding diaryl/α,β-unsaturated/α-hetero) is 2. The molecule has 0 saturated heterocycles.